The Bertz CT molecular complexity index is 115. The molecule has 0 heterocycles. The fraction of sp³-hybridized carbons (Fsp3) is 0.400. The van der Waals surface area contributed by atoms with Gasteiger partial charge in [-0.1, -0.05) is 6.92 Å². The maximum Gasteiger partial charge on any atom is 0.162 e. The Morgan fingerprint density at radius 1 is 1.75 bits per heavy atom. The second kappa shape index (κ2) is 4.18. The second-order valence-corrected chi connectivity index (χ2v) is 1.25. The summed E-state index contributed by atoms with van der Waals surface area (Å²) in [6.45, 7) is 1.93. The van der Waals surface area contributed by atoms with Gasteiger partial charge in [0.2, 0.25) is 0 Å². The predicted octanol–water partition coefficient (Wildman–Crippen LogP) is 1.09. The van der Waals surface area contributed by atoms with Crippen molar-refractivity contribution >= 4 is 18.3 Å². The van der Waals surface area contributed by atoms with E-state index >= 15 is 0 Å². The molecule has 0 rings (SSSR count). The SMILES string of the molecule is CCC=NC(=N)C=N. The van der Waals surface area contributed by atoms with Gasteiger partial charge >= 0.3 is 0 Å². The molecule has 0 fully saturated rings. The van der Waals surface area contributed by atoms with Crippen LogP contribution in [0.1, 0.15) is 13.3 Å². The molecule has 0 aromatic rings. The fourth-order valence-corrected chi connectivity index (χ4v) is 0.227. The van der Waals surface area contributed by atoms with Crippen molar-refractivity contribution in [1.82, 2.24) is 0 Å². The third-order valence-electron chi connectivity index (χ3n) is 0.550. The van der Waals surface area contributed by atoms with Gasteiger partial charge in [-0.05, 0) is 6.42 Å². The molecule has 0 bridgehead atoms. The number of aliphatic imine (C=N–C) groups is 1. The number of nitrogens with one attached hydrogen (secondary N) is 2. The average molecular weight is 111 g/mol. The summed E-state index contributed by atoms with van der Waals surface area (Å²) in [6.07, 6.45) is 3.33. The van der Waals surface area contributed by atoms with Gasteiger partial charge < -0.3 is 5.41 Å². The van der Waals surface area contributed by atoms with Crippen LogP contribution in [-0.4, -0.2) is 18.3 Å². The van der Waals surface area contributed by atoms with Crippen LogP contribution < -0.4 is 0 Å². The highest BCUT2D eigenvalue weighted by Gasteiger charge is 1.77. The molecule has 3 heteroatoms. The van der Waals surface area contributed by atoms with E-state index in [2.05, 4.69) is 4.99 Å². The molecule has 2 N–H and O–H groups in total. The molecule has 0 aliphatic rings. The van der Waals surface area contributed by atoms with Crippen LogP contribution in [0.15, 0.2) is 4.99 Å². The zero-order valence-electron chi connectivity index (χ0n) is 4.81. The lowest BCUT2D eigenvalue weighted by Gasteiger charge is -1.79. The van der Waals surface area contributed by atoms with Gasteiger partial charge in [-0.2, -0.15) is 0 Å². The molecular formula is C5H9N3. The number of hydrogen-bond acceptors (Lipinski definition) is 2. The monoisotopic (exact) mass is 111 g/mol. The Kier molecular flexibility index (Phi) is 3.66. The summed E-state index contributed by atoms with van der Waals surface area (Å²) in [4.78, 5) is 3.58. The van der Waals surface area contributed by atoms with E-state index in [0.717, 1.165) is 12.6 Å². The van der Waals surface area contributed by atoms with Crippen LogP contribution >= 0.6 is 0 Å². The van der Waals surface area contributed by atoms with Crippen molar-refractivity contribution in [2.24, 2.45) is 4.99 Å². The minimum absolute atomic E-state index is 0.00634. The Labute approximate surface area is 48.5 Å². The molecule has 8 heavy (non-hydrogen) atoms. The van der Waals surface area contributed by atoms with E-state index < -0.39 is 0 Å². The highest BCUT2D eigenvalue weighted by atomic mass is 14.8. The molecule has 0 aromatic carbocycles. The van der Waals surface area contributed by atoms with Crippen LogP contribution in [0.25, 0.3) is 0 Å². The van der Waals surface area contributed by atoms with E-state index in [4.69, 9.17) is 10.8 Å². The first-order valence-corrected chi connectivity index (χ1v) is 2.42. The highest BCUT2D eigenvalue weighted by Crippen LogP contribution is 1.70. The van der Waals surface area contributed by atoms with E-state index in [-0.39, 0.29) is 5.84 Å². The Hall–Kier alpha value is -0.990. The van der Waals surface area contributed by atoms with E-state index in [9.17, 15) is 0 Å². The second-order valence-electron chi connectivity index (χ2n) is 1.25. The number of amidine groups is 1. The van der Waals surface area contributed by atoms with E-state index in [1.54, 1.807) is 6.21 Å². The normalized spacial score (nSPS) is 9.62. The smallest absolute Gasteiger partial charge is 0.162 e. The molecule has 44 valence electrons. The Morgan fingerprint density at radius 3 is 2.75 bits per heavy atom. The van der Waals surface area contributed by atoms with Crippen molar-refractivity contribution in [2.45, 2.75) is 13.3 Å². The molecular weight excluding hydrogens is 102 g/mol. The summed E-state index contributed by atoms with van der Waals surface area (Å²) in [5, 5.41) is 13.3. The first-order chi connectivity index (χ1) is 3.81. The summed E-state index contributed by atoms with van der Waals surface area (Å²) in [7, 11) is 0. The Balaban J connectivity index is 3.52. The molecule has 0 saturated carbocycles. The highest BCUT2D eigenvalue weighted by molar-refractivity contribution is 6.28. The number of nitrogens with zero attached hydrogens (tertiary/aromatic N) is 1. The van der Waals surface area contributed by atoms with Crippen molar-refractivity contribution in [2.75, 3.05) is 0 Å². The fourth-order valence-electron chi connectivity index (χ4n) is 0.227. The molecule has 0 aromatic heterocycles. The zero-order valence-corrected chi connectivity index (χ0v) is 4.81. The third kappa shape index (κ3) is 3.21. The van der Waals surface area contributed by atoms with Crippen LogP contribution in [0, 0.1) is 10.8 Å². The zero-order chi connectivity index (χ0) is 6.41. The molecule has 0 spiro atoms. The van der Waals surface area contributed by atoms with Crippen LogP contribution in [0.2, 0.25) is 0 Å². The van der Waals surface area contributed by atoms with Gasteiger partial charge in [0.1, 0.15) is 0 Å². The summed E-state index contributed by atoms with van der Waals surface area (Å²) in [5.74, 6) is 0.00634. The van der Waals surface area contributed by atoms with Crippen LogP contribution in [-0.2, 0) is 0 Å². The topological polar surface area (TPSA) is 60.1 Å². The van der Waals surface area contributed by atoms with Crippen molar-refractivity contribution in [3.63, 3.8) is 0 Å². The van der Waals surface area contributed by atoms with Crippen molar-refractivity contribution < 1.29 is 0 Å². The lowest BCUT2D eigenvalue weighted by atomic mass is 10.5. The largest absolute Gasteiger partial charge is 0.305 e. The van der Waals surface area contributed by atoms with Crippen LogP contribution in [0.5, 0.6) is 0 Å². The van der Waals surface area contributed by atoms with E-state index in [1.807, 2.05) is 6.92 Å². The maximum atomic E-state index is 6.80. The van der Waals surface area contributed by atoms with Crippen molar-refractivity contribution in [3.05, 3.63) is 0 Å². The maximum absolute atomic E-state index is 6.80. The molecule has 0 radical (unpaired) electrons. The molecule has 0 amide bonds. The first kappa shape index (κ1) is 7.01. The summed E-state index contributed by atoms with van der Waals surface area (Å²) in [6, 6.07) is 0. The first-order valence-electron chi connectivity index (χ1n) is 2.42. The van der Waals surface area contributed by atoms with Crippen LogP contribution in [0.3, 0.4) is 0 Å². The van der Waals surface area contributed by atoms with Gasteiger partial charge in [0.15, 0.2) is 5.84 Å². The van der Waals surface area contributed by atoms with E-state index in [1.165, 1.54) is 0 Å². The van der Waals surface area contributed by atoms with Gasteiger partial charge in [-0.15, -0.1) is 0 Å². The number of rotatable bonds is 2. The minimum Gasteiger partial charge on any atom is -0.305 e. The molecule has 0 aliphatic carbocycles. The molecule has 3 nitrogen and oxygen atoms in total. The van der Waals surface area contributed by atoms with Crippen molar-refractivity contribution in [1.29, 1.82) is 10.8 Å². The van der Waals surface area contributed by atoms with Gasteiger partial charge in [-0.3, -0.25) is 5.41 Å². The van der Waals surface area contributed by atoms with Gasteiger partial charge in [0, 0.05) is 6.21 Å². The van der Waals surface area contributed by atoms with Gasteiger partial charge in [0.25, 0.3) is 0 Å². The van der Waals surface area contributed by atoms with Gasteiger partial charge in [0.05, 0.1) is 6.21 Å². The van der Waals surface area contributed by atoms with Gasteiger partial charge in [-0.25, -0.2) is 4.99 Å². The standard InChI is InChI=1S/C5H9N3/c1-2-3-8-5(7)4-6/h3-4,6-7H,2H2,1H3. The summed E-state index contributed by atoms with van der Waals surface area (Å²) < 4.78 is 0. The minimum atomic E-state index is 0.00634. The van der Waals surface area contributed by atoms with Crippen LogP contribution in [0.4, 0.5) is 0 Å². The molecule has 0 atom stereocenters. The third-order valence-corrected chi connectivity index (χ3v) is 0.550. The summed E-state index contributed by atoms with van der Waals surface area (Å²) >= 11 is 0. The predicted molar refractivity (Wildman–Crippen MR) is 35.3 cm³/mol. The molecule has 0 saturated heterocycles. The quantitative estimate of drug-likeness (QED) is 0.396. The molecule has 0 unspecified atom stereocenters. The lowest BCUT2D eigenvalue weighted by Crippen LogP contribution is -1.90. The number of hydrogen-bond donors (Lipinski definition) is 2. The van der Waals surface area contributed by atoms with Crippen molar-refractivity contribution in [3.8, 4) is 0 Å². The molecule has 0 aliphatic heterocycles. The average Bonchev–Trinajstić information content (AvgIpc) is 1.83. The van der Waals surface area contributed by atoms with E-state index in [0.29, 0.717) is 0 Å². The Morgan fingerprint density at radius 2 is 2.38 bits per heavy atom. The summed E-state index contributed by atoms with van der Waals surface area (Å²) in [5.41, 5.74) is 0. The lowest BCUT2D eigenvalue weighted by molar-refractivity contribution is 1.32.